The first kappa shape index (κ1) is 12.4. The van der Waals surface area contributed by atoms with E-state index < -0.39 is 0 Å². The highest BCUT2D eigenvalue weighted by molar-refractivity contribution is 5.53. The van der Waals surface area contributed by atoms with E-state index >= 15 is 0 Å². The lowest BCUT2D eigenvalue weighted by molar-refractivity contribution is 0.764. The molecule has 0 saturated heterocycles. The Labute approximate surface area is 97.5 Å². The summed E-state index contributed by atoms with van der Waals surface area (Å²) < 4.78 is 0. The van der Waals surface area contributed by atoms with E-state index in [1.54, 1.807) is 0 Å². The summed E-state index contributed by atoms with van der Waals surface area (Å²) in [5.74, 6) is 0. The van der Waals surface area contributed by atoms with Crippen LogP contribution in [0.5, 0.6) is 0 Å². The Kier molecular flexibility index (Phi) is 5.21. The van der Waals surface area contributed by atoms with Gasteiger partial charge in [0.25, 0.3) is 0 Å². The van der Waals surface area contributed by atoms with E-state index in [-0.39, 0.29) is 0 Å². The van der Waals surface area contributed by atoms with E-state index in [2.05, 4.69) is 42.7 Å². The zero-order chi connectivity index (χ0) is 11.8. The zero-order valence-electron chi connectivity index (χ0n) is 9.96. The molecule has 0 aliphatic carbocycles. The molecule has 1 atom stereocenters. The molecule has 0 aliphatic heterocycles. The third-order valence-electron chi connectivity index (χ3n) is 2.48. The summed E-state index contributed by atoms with van der Waals surface area (Å²) in [6.07, 6.45) is 1.65. The monoisotopic (exact) mass is 217 g/mol. The molecule has 1 unspecified atom stereocenters. The fourth-order valence-electron chi connectivity index (χ4n) is 1.33. The molecule has 0 aromatic heterocycles. The lowest BCUT2D eigenvalue weighted by atomic mass is 10.2. The summed E-state index contributed by atoms with van der Waals surface area (Å²) in [5.41, 5.74) is 2.20. The Hall–Kier alpha value is -1.69. The summed E-state index contributed by atoms with van der Waals surface area (Å²) in [6.45, 7) is 5.03. The van der Waals surface area contributed by atoms with Gasteiger partial charge in [0.1, 0.15) is 0 Å². The minimum Gasteiger partial charge on any atom is -0.384 e. The highest BCUT2D eigenvalue weighted by Crippen LogP contribution is 2.14. The second-order valence-electron chi connectivity index (χ2n) is 3.87. The molecule has 1 aromatic carbocycles. The molecular formula is C13H19N3. The highest BCUT2D eigenvalue weighted by atomic mass is 14.9. The number of nitriles is 1. The summed E-state index contributed by atoms with van der Waals surface area (Å²) in [6, 6.07) is 10.8. The molecule has 3 nitrogen and oxygen atoms in total. The average molecular weight is 217 g/mol. The number of hydrogen-bond acceptors (Lipinski definition) is 3. The highest BCUT2D eigenvalue weighted by Gasteiger charge is 1.98. The van der Waals surface area contributed by atoms with Gasteiger partial charge in [-0.2, -0.15) is 5.26 Å². The van der Waals surface area contributed by atoms with Gasteiger partial charge < -0.3 is 10.6 Å². The van der Waals surface area contributed by atoms with Crippen molar-refractivity contribution in [1.29, 1.82) is 5.26 Å². The van der Waals surface area contributed by atoms with Crippen molar-refractivity contribution in [2.45, 2.75) is 32.7 Å². The van der Waals surface area contributed by atoms with Gasteiger partial charge in [0.05, 0.1) is 12.5 Å². The van der Waals surface area contributed by atoms with Crippen molar-refractivity contribution in [2.24, 2.45) is 0 Å². The normalized spacial score (nSPS) is 11.6. The van der Waals surface area contributed by atoms with Crippen molar-refractivity contribution in [2.75, 3.05) is 17.2 Å². The Morgan fingerprint density at radius 2 is 1.88 bits per heavy atom. The molecule has 0 saturated carbocycles. The van der Waals surface area contributed by atoms with Crippen molar-refractivity contribution in [3.8, 4) is 6.07 Å². The van der Waals surface area contributed by atoms with Crippen LogP contribution in [-0.2, 0) is 0 Å². The maximum Gasteiger partial charge on any atom is 0.0640 e. The summed E-state index contributed by atoms with van der Waals surface area (Å²) in [5, 5.41) is 15.0. The van der Waals surface area contributed by atoms with Crippen LogP contribution in [0.25, 0.3) is 0 Å². The van der Waals surface area contributed by atoms with E-state index in [1.165, 1.54) is 0 Å². The topological polar surface area (TPSA) is 47.8 Å². The van der Waals surface area contributed by atoms with Gasteiger partial charge in [0, 0.05) is 24.0 Å². The minimum atomic E-state index is 0.498. The molecule has 86 valence electrons. The van der Waals surface area contributed by atoms with Gasteiger partial charge in [-0.3, -0.25) is 0 Å². The number of nitrogens with one attached hydrogen (secondary N) is 2. The number of hydrogen-bond donors (Lipinski definition) is 2. The summed E-state index contributed by atoms with van der Waals surface area (Å²) in [4.78, 5) is 0. The van der Waals surface area contributed by atoms with Crippen LogP contribution in [0.4, 0.5) is 11.4 Å². The second kappa shape index (κ2) is 6.73. The van der Waals surface area contributed by atoms with E-state index in [9.17, 15) is 0 Å². The largest absolute Gasteiger partial charge is 0.384 e. The molecule has 0 amide bonds. The lowest BCUT2D eigenvalue weighted by Gasteiger charge is -2.13. The summed E-state index contributed by atoms with van der Waals surface area (Å²) >= 11 is 0. The van der Waals surface area contributed by atoms with Gasteiger partial charge in [-0.1, -0.05) is 6.92 Å². The fraction of sp³-hybridized carbons (Fsp3) is 0.462. The van der Waals surface area contributed by atoms with Crippen LogP contribution in [-0.4, -0.2) is 12.6 Å². The maximum absolute atomic E-state index is 8.41. The van der Waals surface area contributed by atoms with Crippen molar-refractivity contribution in [3.05, 3.63) is 24.3 Å². The van der Waals surface area contributed by atoms with Gasteiger partial charge in [0.15, 0.2) is 0 Å². The van der Waals surface area contributed by atoms with Crippen LogP contribution in [0.2, 0.25) is 0 Å². The van der Waals surface area contributed by atoms with Gasteiger partial charge >= 0.3 is 0 Å². The van der Waals surface area contributed by atoms with Crippen LogP contribution in [0.1, 0.15) is 26.7 Å². The molecule has 0 spiro atoms. The third-order valence-corrected chi connectivity index (χ3v) is 2.48. The maximum atomic E-state index is 8.41. The molecule has 0 radical (unpaired) electrons. The van der Waals surface area contributed by atoms with Crippen LogP contribution in [0.3, 0.4) is 0 Å². The number of benzene rings is 1. The third kappa shape index (κ3) is 4.22. The number of nitrogens with zero attached hydrogens (tertiary/aromatic N) is 1. The predicted octanol–water partition coefficient (Wildman–Crippen LogP) is 3.22. The van der Waals surface area contributed by atoms with Crippen LogP contribution >= 0.6 is 0 Å². The molecule has 1 aromatic rings. The Morgan fingerprint density at radius 3 is 2.44 bits per heavy atom. The molecule has 0 bridgehead atoms. The van der Waals surface area contributed by atoms with Gasteiger partial charge in [-0.05, 0) is 37.6 Å². The van der Waals surface area contributed by atoms with Crippen LogP contribution in [0.15, 0.2) is 24.3 Å². The van der Waals surface area contributed by atoms with Gasteiger partial charge in [0.2, 0.25) is 0 Å². The first-order valence-corrected chi connectivity index (χ1v) is 5.73. The molecule has 0 fully saturated rings. The van der Waals surface area contributed by atoms with E-state index in [4.69, 9.17) is 5.26 Å². The van der Waals surface area contributed by atoms with E-state index in [0.717, 1.165) is 17.8 Å². The first-order chi connectivity index (χ1) is 7.76. The molecule has 3 heteroatoms. The molecule has 2 N–H and O–H groups in total. The van der Waals surface area contributed by atoms with Crippen molar-refractivity contribution in [1.82, 2.24) is 0 Å². The van der Waals surface area contributed by atoms with Gasteiger partial charge in [-0.25, -0.2) is 0 Å². The SMILES string of the molecule is CCC(C)Nc1ccc(NCCC#N)cc1. The minimum absolute atomic E-state index is 0.498. The number of anilines is 2. The van der Waals surface area contributed by atoms with Crippen LogP contribution in [0, 0.1) is 11.3 Å². The van der Waals surface area contributed by atoms with E-state index in [1.807, 2.05) is 12.1 Å². The molecule has 16 heavy (non-hydrogen) atoms. The fourth-order valence-corrected chi connectivity index (χ4v) is 1.33. The van der Waals surface area contributed by atoms with Crippen molar-refractivity contribution >= 4 is 11.4 Å². The predicted molar refractivity (Wildman–Crippen MR) is 68.5 cm³/mol. The molecule has 1 rings (SSSR count). The Balaban J connectivity index is 2.45. The number of rotatable bonds is 6. The van der Waals surface area contributed by atoms with E-state index in [0.29, 0.717) is 19.0 Å². The van der Waals surface area contributed by atoms with Crippen LogP contribution < -0.4 is 10.6 Å². The van der Waals surface area contributed by atoms with Gasteiger partial charge in [-0.15, -0.1) is 0 Å². The smallest absolute Gasteiger partial charge is 0.0640 e. The van der Waals surface area contributed by atoms with Crippen molar-refractivity contribution in [3.63, 3.8) is 0 Å². The molecule has 0 heterocycles. The summed E-state index contributed by atoms with van der Waals surface area (Å²) in [7, 11) is 0. The quantitative estimate of drug-likeness (QED) is 0.719. The molecular weight excluding hydrogens is 198 g/mol. The zero-order valence-corrected chi connectivity index (χ0v) is 9.96. The lowest BCUT2D eigenvalue weighted by Crippen LogP contribution is -2.13. The molecule has 0 aliphatic rings. The standard InChI is InChI=1S/C13H19N3/c1-3-11(2)16-13-7-5-12(6-8-13)15-10-4-9-14/h5-8,11,15-16H,3-4,10H2,1-2H3. The Morgan fingerprint density at radius 1 is 1.25 bits per heavy atom. The van der Waals surface area contributed by atoms with Crippen molar-refractivity contribution < 1.29 is 0 Å². The Bertz CT molecular complexity index is 337. The average Bonchev–Trinajstić information content (AvgIpc) is 2.31. The first-order valence-electron chi connectivity index (χ1n) is 5.73. The second-order valence-corrected chi connectivity index (χ2v) is 3.87.